The molecule has 2 aromatic heterocycles. The molecule has 0 aliphatic carbocycles. The fraction of sp³-hybridized carbons (Fsp3) is 0.467. The molecule has 2 rings (SSSR count). The minimum Gasteiger partial charge on any atom is -0.480 e. The Labute approximate surface area is 133 Å². The van der Waals surface area contributed by atoms with Gasteiger partial charge in [0.05, 0.1) is 6.20 Å². The van der Waals surface area contributed by atoms with E-state index in [1.165, 1.54) is 6.07 Å². The number of carbonyl (C=O) groups is 2. The maximum atomic E-state index is 12.1. The van der Waals surface area contributed by atoms with Gasteiger partial charge in [-0.2, -0.15) is 5.10 Å². The highest BCUT2D eigenvalue weighted by Crippen LogP contribution is 2.09. The molecule has 8 nitrogen and oxygen atoms in total. The molecule has 8 heteroatoms. The van der Waals surface area contributed by atoms with Crippen molar-refractivity contribution >= 4 is 11.9 Å². The second-order valence-electron chi connectivity index (χ2n) is 5.89. The first-order valence-corrected chi connectivity index (χ1v) is 7.33. The van der Waals surface area contributed by atoms with E-state index in [-0.39, 0.29) is 11.6 Å². The SMILES string of the molecule is Cc1cnn(Cc2cc(C(=O)NC(CC(C)C)C(=O)O)no2)c1. The van der Waals surface area contributed by atoms with Gasteiger partial charge in [-0.25, -0.2) is 4.79 Å². The summed E-state index contributed by atoms with van der Waals surface area (Å²) in [6.07, 6.45) is 3.90. The first-order valence-electron chi connectivity index (χ1n) is 7.33. The van der Waals surface area contributed by atoms with Gasteiger partial charge in [-0.15, -0.1) is 0 Å². The van der Waals surface area contributed by atoms with Crippen molar-refractivity contribution in [2.24, 2.45) is 5.92 Å². The highest BCUT2D eigenvalue weighted by atomic mass is 16.5. The van der Waals surface area contributed by atoms with Crippen molar-refractivity contribution in [1.82, 2.24) is 20.3 Å². The lowest BCUT2D eigenvalue weighted by molar-refractivity contribution is -0.139. The quantitative estimate of drug-likeness (QED) is 0.799. The molecule has 2 aromatic rings. The van der Waals surface area contributed by atoms with Crippen molar-refractivity contribution < 1.29 is 19.2 Å². The maximum absolute atomic E-state index is 12.1. The van der Waals surface area contributed by atoms with Crippen molar-refractivity contribution in [1.29, 1.82) is 0 Å². The van der Waals surface area contributed by atoms with Crippen LogP contribution in [0.25, 0.3) is 0 Å². The lowest BCUT2D eigenvalue weighted by Gasteiger charge is -2.15. The molecular formula is C15H20N4O4. The molecule has 0 spiro atoms. The molecule has 124 valence electrons. The van der Waals surface area contributed by atoms with Crippen LogP contribution in [0.4, 0.5) is 0 Å². The largest absolute Gasteiger partial charge is 0.480 e. The smallest absolute Gasteiger partial charge is 0.326 e. The van der Waals surface area contributed by atoms with Crippen LogP contribution in [0.1, 0.15) is 42.1 Å². The number of aliphatic carboxylic acids is 1. The fourth-order valence-electron chi connectivity index (χ4n) is 2.13. The molecule has 0 saturated carbocycles. The van der Waals surface area contributed by atoms with Gasteiger partial charge in [0.15, 0.2) is 11.5 Å². The lowest BCUT2D eigenvalue weighted by Crippen LogP contribution is -2.41. The Morgan fingerprint density at radius 3 is 2.74 bits per heavy atom. The van der Waals surface area contributed by atoms with E-state index in [4.69, 9.17) is 9.63 Å². The molecule has 23 heavy (non-hydrogen) atoms. The van der Waals surface area contributed by atoms with E-state index in [2.05, 4.69) is 15.6 Å². The third-order valence-corrected chi connectivity index (χ3v) is 3.18. The number of amides is 1. The summed E-state index contributed by atoms with van der Waals surface area (Å²) < 4.78 is 6.77. The molecule has 0 aliphatic rings. The molecule has 0 aromatic carbocycles. The first-order chi connectivity index (χ1) is 10.8. The molecule has 2 N–H and O–H groups in total. The van der Waals surface area contributed by atoms with Crippen LogP contribution in [0.5, 0.6) is 0 Å². The molecule has 1 amide bonds. The van der Waals surface area contributed by atoms with Crippen molar-refractivity contribution in [3.05, 3.63) is 35.5 Å². The Morgan fingerprint density at radius 1 is 1.43 bits per heavy atom. The van der Waals surface area contributed by atoms with Gasteiger partial charge in [-0.1, -0.05) is 19.0 Å². The van der Waals surface area contributed by atoms with E-state index < -0.39 is 17.9 Å². The molecule has 0 radical (unpaired) electrons. The normalized spacial score (nSPS) is 12.3. The van der Waals surface area contributed by atoms with Crippen LogP contribution < -0.4 is 5.32 Å². The van der Waals surface area contributed by atoms with E-state index in [0.717, 1.165) is 5.56 Å². The van der Waals surface area contributed by atoms with Crippen LogP contribution in [0, 0.1) is 12.8 Å². The minimum absolute atomic E-state index is 0.0545. The monoisotopic (exact) mass is 320 g/mol. The highest BCUT2D eigenvalue weighted by Gasteiger charge is 2.23. The van der Waals surface area contributed by atoms with Gasteiger partial charge in [0.2, 0.25) is 0 Å². The molecular weight excluding hydrogens is 300 g/mol. The number of carbonyl (C=O) groups excluding carboxylic acids is 1. The summed E-state index contributed by atoms with van der Waals surface area (Å²) in [5.74, 6) is -1.02. The number of nitrogens with one attached hydrogen (secondary N) is 1. The summed E-state index contributed by atoms with van der Waals surface area (Å²) in [5.41, 5.74) is 1.07. The van der Waals surface area contributed by atoms with Gasteiger partial charge in [-0.05, 0) is 24.8 Å². The summed E-state index contributed by atoms with van der Waals surface area (Å²) in [6, 6.07) is 0.539. The second kappa shape index (κ2) is 7.08. The first kappa shape index (κ1) is 16.7. The summed E-state index contributed by atoms with van der Waals surface area (Å²) in [4.78, 5) is 23.3. The lowest BCUT2D eigenvalue weighted by atomic mass is 10.0. The van der Waals surface area contributed by atoms with Crippen molar-refractivity contribution in [3.8, 4) is 0 Å². The van der Waals surface area contributed by atoms with E-state index >= 15 is 0 Å². The molecule has 0 fully saturated rings. The third-order valence-electron chi connectivity index (χ3n) is 3.18. The van der Waals surface area contributed by atoms with Gasteiger partial charge in [0, 0.05) is 12.3 Å². The molecule has 0 aliphatic heterocycles. The number of aromatic nitrogens is 3. The van der Waals surface area contributed by atoms with Crippen LogP contribution in [0.3, 0.4) is 0 Å². The van der Waals surface area contributed by atoms with E-state index in [9.17, 15) is 9.59 Å². The third kappa shape index (κ3) is 4.67. The summed E-state index contributed by atoms with van der Waals surface area (Å²) in [6.45, 7) is 6.05. The predicted octanol–water partition coefficient (Wildman–Crippen LogP) is 1.46. The molecule has 2 heterocycles. The zero-order chi connectivity index (χ0) is 17.0. The van der Waals surface area contributed by atoms with Crippen molar-refractivity contribution in [3.63, 3.8) is 0 Å². The average molecular weight is 320 g/mol. The summed E-state index contributed by atoms with van der Waals surface area (Å²) in [5, 5.41) is 19.4. The highest BCUT2D eigenvalue weighted by molar-refractivity contribution is 5.94. The van der Waals surface area contributed by atoms with E-state index in [1.807, 2.05) is 27.0 Å². The number of nitrogens with zero attached hydrogens (tertiary/aromatic N) is 3. The predicted molar refractivity (Wildman–Crippen MR) is 80.9 cm³/mol. The Hall–Kier alpha value is -2.64. The van der Waals surface area contributed by atoms with E-state index in [1.54, 1.807) is 10.9 Å². The summed E-state index contributed by atoms with van der Waals surface area (Å²) >= 11 is 0. The van der Waals surface area contributed by atoms with Crippen LogP contribution in [-0.2, 0) is 11.3 Å². The van der Waals surface area contributed by atoms with Crippen LogP contribution in [0.15, 0.2) is 23.0 Å². The number of hydrogen-bond acceptors (Lipinski definition) is 5. The molecule has 0 saturated heterocycles. The van der Waals surface area contributed by atoms with Crippen molar-refractivity contribution in [2.45, 2.75) is 39.8 Å². The van der Waals surface area contributed by atoms with Crippen LogP contribution >= 0.6 is 0 Å². The topological polar surface area (TPSA) is 110 Å². The summed E-state index contributed by atoms with van der Waals surface area (Å²) in [7, 11) is 0. The number of carboxylic acid groups (broad SMARTS) is 1. The van der Waals surface area contributed by atoms with Gasteiger partial charge < -0.3 is 14.9 Å². The Kier molecular flexibility index (Phi) is 5.15. The second-order valence-corrected chi connectivity index (χ2v) is 5.89. The molecule has 1 unspecified atom stereocenters. The number of rotatable bonds is 7. The van der Waals surface area contributed by atoms with Gasteiger partial charge in [0.1, 0.15) is 12.6 Å². The number of hydrogen-bond donors (Lipinski definition) is 2. The minimum atomic E-state index is -1.07. The maximum Gasteiger partial charge on any atom is 0.326 e. The Morgan fingerprint density at radius 2 is 2.17 bits per heavy atom. The standard InChI is InChI=1S/C15H20N4O4/c1-9(2)4-13(15(21)22)17-14(20)12-5-11(23-18-12)8-19-7-10(3)6-16-19/h5-7,9,13H,4,8H2,1-3H3,(H,17,20)(H,21,22). The zero-order valence-electron chi connectivity index (χ0n) is 13.3. The molecule has 0 bridgehead atoms. The Balaban J connectivity index is 2.01. The number of aryl methyl sites for hydroxylation is 1. The average Bonchev–Trinajstić information content (AvgIpc) is 3.07. The van der Waals surface area contributed by atoms with Gasteiger partial charge >= 0.3 is 5.97 Å². The number of carboxylic acids is 1. The van der Waals surface area contributed by atoms with E-state index in [0.29, 0.717) is 18.7 Å². The van der Waals surface area contributed by atoms with Crippen LogP contribution in [-0.4, -0.2) is 38.0 Å². The Bertz CT molecular complexity index is 689. The van der Waals surface area contributed by atoms with Crippen LogP contribution in [0.2, 0.25) is 0 Å². The zero-order valence-corrected chi connectivity index (χ0v) is 13.3. The molecule has 1 atom stereocenters. The fourth-order valence-corrected chi connectivity index (χ4v) is 2.13. The van der Waals surface area contributed by atoms with Gasteiger partial charge in [0.25, 0.3) is 5.91 Å². The van der Waals surface area contributed by atoms with Gasteiger partial charge in [-0.3, -0.25) is 9.48 Å². The van der Waals surface area contributed by atoms with Crippen molar-refractivity contribution in [2.75, 3.05) is 0 Å².